The van der Waals surface area contributed by atoms with Crippen molar-refractivity contribution in [1.82, 2.24) is 0 Å². The molecule has 0 radical (unpaired) electrons. The normalized spacial score (nSPS) is 12.8. The highest BCUT2D eigenvalue weighted by Crippen LogP contribution is 2.16. The van der Waals surface area contributed by atoms with Crippen LogP contribution in [0.25, 0.3) is 0 Å². The van der Waals surface area contributed by atoms with Gasteiger partial charge in [0.1, 0.15) is 5.75 Å². The molecule has 1 aromatic rings. The van der Waals surface area contributed by atoms with E-state index < -0.39 is 5.91 Å². The van der Waals surface area contributed by atoms with Crippen LogP contribution in [0.15, 0.2) is 24.3 Å². The van der Waals surface area contributed by atoms with E-state index >= 15 is 0 Å². The predicted molar refractivity (Wildman–Crippen MR) is 79.8 cm³/mol. The summed E-state index contributed by atoms with van der Waals surface area (Å²) in [6, 6.07) is 6.45. The van der Waals surface area contributed by atoms with Crippen molar-refractivity contribution in [3.63, 3.8) is 0 Å². The van der Waals surface area contributed by atoms with Gasteiger partial charge in [0.25, 0.3) is 5.91 Å². The van der Waals surface area contributed by atoms with Gasteiger partial charge in [-0.3, -0.25) is 9.59 Å². The highest BCUT2D eigenvalue weighted by atomic mass is 35.5. The van der Waals surface area contributed by atoms with Gasteiger partial charge in [-0.15, -0.1) is 12.4 Å². The minimum Gasteiger partial charge on any atom is -0.484 e. The van der Waals surface area contributed by atoms with Gasteiger partial charge in [-0.2, -0.15) is 0 Å². The first-order valence-electron chi connectivity index (χ1n) is 5.97. The largest absolute Gasteiger partial charge is 0.484 e. The summed E-state index contributed by atoms with van der Waals surface area (Å²) >= 11 is 0. The maximum atomic E-state index is 11.8. The molecule has 6 nitrogen and oxygen atoms in total. The molecular weight excluding hydrogens is 282 g/mol. The van der Waals surface area contributed by atoms with Crippen molar-refractivity contribution in [2.45, 2.75) is 19.9 Å². The summed E-state index contributed by atoms with van der Waals surface area (Å²) in [6.07, 6.45) is 0. The summed E-state index contributed by atoms with van der Waals surface area (Å²) < 4.78 is 5.11. The van der Waals surface area contributed by atoms with Crippen molar-refractivity contribution < 1.29 is 14.3 Å². The molecule has 0 aliphatic heterocycles. The molecule has 0 aliphatic carbocycles. The fourth-order valence-corrected chi connectivity index (χ4v) is 1.28. The number of amides is 2. The second-order valence-corrected chi connectivity index (χ2v) is 4.42. The molecule has 112 valence electrons. The van der Waals surface area contributed by atoms with Crippen molar-refractivity contribution in [1.29, 1.82) is 0 Å². The van der Waals surface area contributed by atoms with Gasteiger partial charge in [-0.05, 0) is 31.2 Å². The summed E-state index contributed by atoms with van der Waals surface area (Å²) in [5.41, 5.74) is 11.3. The van der Waals surface area contributed by atoms with E-state index in [0.717, 1.165) is 0 Å². The van der Waals surface area contributed by atoms with E-state index in [0.29, 0.717) is 11.4 Å². The lowest BCUT2D eigenvalue weighted by molar-refractivity contribution is -0.120. The molecule has 0 saturated carbocycles. The van der Waals surface area contributed by atoms with Crippen molar-refractivity contribution in [3.05, 3.63) is 24.3 Å². The van der Waals surface area contributed by atoms with Crippen LogP contribution in [0, 0.1) is 5.92 Å². The zero-order valence-corrected chi connectivity index (χ0v) is 12.3. The number of benzene rings is 1. The number of hydrogen-bond donors (Lipinski definition) is 3. The summed E-state index contributed by atoms with van der Waals surface area (Å²) in [5, 5.41) is 2.75. The van der Waals surface area contributed by atoms with Gasteiger partial charge in [-0.25, -0.2) is 0 Å². The number of rotatable bonds is 6. The van der Waals surface area contributed by atoms with Gasteiger partial charge >= 0.3 is 0 Å². The van der Waals surface area contributed by atoms with E-state index in [9.17, 15) is 9.59 Å². The third-order valence-electron chi connectivity index (χ3n) is 2.71. The molecule has 0 aromatic heterocycles. The Kier molecular flexibility index (Phi) is 7.64. The molecule has 7 heteroatoms. The first-order valence-corrected chi connectivity index (χ1v) is 5.97. The Balaban J connectivity index is 0.00000361. The average Bonchev–Trinajstić information content (AvgIpc) is 2.36. The molecule has 1 aromatic carbocycles. The van der Waals surface area contributed by atoms with E-state index in [1.54, 1.807) is 38.1 Å². The Morgan fingerprint density at radius 1 is 1.25 bits per heavy atom. The molecule has 2 amide bonds. The van der Waals surface area contributed by atoms with Crippen LogP contribution in [0.3, 0.4) is 0 Å². The Morgan fingerprint density at radius 3 is 2.25 bits per heavy atom. The van der Waals surface area contributed by atoms with Gasteiger partial charge in [0.05, 0.1) is 5.92 Å². The lowest BCUT2D eigenvalue weighted by atomic mass is 10.0. The van der Waals surface area contributed by atoms with Gasteiger partial charge in [0.2, 0.25) is 5.91 Å². The van der Waals surface area contributed by atoms with Gasteiger partial charge in [0, 0.05) is 11.7 Å². The molecule has 0 bridgehead atoms. The SMILES string of the molecule is CC(N)C(C)C(=O)Nc1ccc(OCC(N)=O)cc1.Cl. The Morgan fingerprint density at radius 2 is 1.80 bits per heavy atom. The van der Waals surface area contributed by atoms with Crippen LogP contribution >= 0.6 is 12.4 Å². The van der Waals surface area contributed by atoms with Crippen LogP contribution in [0.4, 0.5) is 5.69 Å². The molecule has 2 unspecified atom stereocenters. The van der Waals surface area contributed by atoms with Crippen LogP contribution in [-0.4, -0.2) is 24.5 Å². The van der Waals surface area contributed by atoms with Crippen LogP contribution in [0.5, 0.6) is 5.75 Å². The minimum absolute atomic E-state index is 0. The highest BCUT2D eigenvalue weighted by molar-refractivity contribution is 5.92. The van der Waals surface area contributed by atoms with Gasteiger partial charge in [-0.1, -0.05) is 6.92 Å². The fourth-order valence-electron chi connectivity index (χ4n) is 1.28. The molecule has 0 heterocycles. The number of hydrogen-bond acceptors (Lipinski definition) is 4. The Labute approximate surface area is 124 Å². The smallest absolute Gasteiger partial charge is 0.255 e. The van der Waals surface area contributed by atoms with E-state index in [2.05, 4.69) is 5.32 Å². The number of nitrogens with two attached hydrogens (primary N) is 2. The molecule has 1 rings (SSSR count). The topological polar surface area (TPSA) is 107 Å². The molecule has 0 saturated heterocycles. The van der Waals surface area contributed by atoms with Crippen molar-refractivity contribution in [2.75, 3.05) is 11.9 Å². The molecule has 20 heavy (non-hydrogen) atoms. The fraction of sp³-hybridized carbons (Fsp3) is 0.385. The second kappa shape index (κ2) is 8.39. The van der Waals surface area contributed by atoms with E-state index in [-0.39, 0.29) is 36.9 Å². The second-order valence-electron chi connectivity index (χ2n) is 4.42. The number of anilines is 1. The summed E-state index contributed by atoms with van der Waals surface area (Å²) in [7, 11) is 0. The Bertz CT molecular complexity index is 449. The van der Waals surface area contributed by atoms with Crippen molar-refractivity contribution in [3.8, 4) is 5.75 Å². The molecular formula is C13H20ClN3O3. The quantitative estimate of drug-likeness (QED) is 0.725. The molecule has 2 atom stereocenters. The van der Waals surface area contributed by atoms with E-state index in [1.807, 2.05) is 0 Å². The number of carbonyl (C=O) groups excluding carboxylic acids is 2. The maximum absolute atomic E-state index is 11.8. The third kappa shape index (κ3) is 5.90. The van der Waals surface area contributed by atoms with Crippen molar-refractivity contribution in [2.24, 2.45) is 17.4 Å². The summed E-state index contributed by atoms with van der Waals surface area (Å²) in [4.78, 5) is 22.3. The highest BCUT2D eigenvalue weighted by Gasteiger charge is 2.16. The number of primary amides is 1. The standard InChI is InChI=1S/C13H19N3O3.ClH/c1-8(9(2)14)13(18)16-10-3-5-11(6-4-10)19-7-12(15)17;/h3-6,8-9H,7,14H2,1-2H3,(H2,15,17)(H,16,18);1H. The number of halogens is 1. The maximum Gasteiger partial charge on any atom is 0.255 e. The third-order valence-corrected chi connectivity index (χ3v) is 2.71. The molecule has 0 aliphatic rings. The Hall–Kier alpha value is -1.79. The first-order chi connectivity index (χ1) is 8.90. The van der Waals surface area contributed by atoms with Crippen LogP contribution in [-0.2, 0) is 9.59 Å². The van der Waals surface area contributed by atoms with E-state index in [4.69, 9.17) is 16.2 Å². The van der Waals surface area contributed by atoms with Gasteiger partial charge in [0.15, 0.2) is 6.61 Å². The van der Waals surface area contributed by atoms with Crippen LogP contribution in [0.1, 0.15) is 13.8 Å². The first kappa shape index (κ1) is 18.2. The van der Waals surface area contributed by atoms with Gasteiger partial charge < -0.3 is 21.5 Å². The lowest BCUT2D eigenvalue weighted by Crippen LogP contribution is -2.34. The number of nitrogens with one attached hydrogen (secondary N) is 1. The zero-order chi connectivity index (χ0) is 14.4. The number of carbonyl (C=O) groups is 2. The van der Waals surface area contributed by atoms with Crippen LogP contribution < -0.4 is 21.5 Å². The van der Waals surface area contributed by atoms with E-state index in [1.165, 1.54) is 0 Å². The average molecular weight is 302 g/mol. The summed E-state index contributed by atoms with van der Waals surface area (Å²) in [6.45, 7) is 3.38. The minimum atomic E-state index is -0.539. The zero-order valence-electron chi connectivity index (χ0n) is 11.5. The molecule has 0 fully saturated rings. The predicted octanol–water partition coefficient (Wildman–Crippen LogP) is 0.894. The number of ether oxygens (including phenoxy) is 1. The molecule has 5 N–H and O–H groups in total. The lowest BCUT2D eigenvalue weighted by Gasteiger charge is -2.15. The summed E-state index contributed by atoms with van der Waals surface area (Å²) in [5.74, 6) is -0.438. The monoisotopic (exact) mass is 301 g/mol. The van der Waals surface area contributed by atoms with Crippen molar-refractivity contribution >= 4 is 29.9 Å². The van der Waals surface area contributed by atoms with Crippen LogP contribution in [0.2, 0.25) is 0 Å². The molecule has 0 spiro atoms.